The molecule has 0 spiro atoms. The van der Waals surface area contributed by atoms with Crippen LogP contribution in [0.4, 0.5) is 0 Å². The lowest BCUT2D eigenvalue weighted by atomic mass is 10.0. The number of rotatable bonds is 59. The Labute approximate surface area is 433 Å². The lowest BCUT2D eigenvalue weighted by Gasteiger charge is -2.19. The molecule has 0 saturated heterocycles. The van der Waals surface area contributed by atoms with Crippen molar-refractivity contribution in [1.29, 1.82) is 0 Å². The number of amides is 1. The van der Waals surface area contributed by atoms with E-state index < -0.39 is 12.1 Å². The van der Waals surface area contributed by atoms with Crippen LogP contribution in [0.15, 0.2) is 36.5 Å². The van der Waals surface area contributed by atoms with Crippen molar-refractivity contribution < 1.29 is 15.0 Å². The molecule has 0 rings (SSSR count). The minimum atomic E-state index is -0.862. The summed E-state index contributed by atoms with van der Waals surface area (Å²) in [5, 5.41) is 23.2. The molecule has 2 atom stereocenters. The molecule has 4 heteroatoms. The van der Waals surface area contributed by atoms with E-state index in [0.29, 0.717) is 6.42 Å². The van der Waals surface area contributed by atoms with Crippen LogP contribution < -0.4 is 5.32 Å². The second-order valence-corrected chi connectivity index (χ2v) is 21.8. The van der Waals surface area contributed by atoms with Crippen LogP contribution in [0, 0.1) is 0 Å². The number of hydrogen-bond acceptors (Lipinski definition) is 3. The summed E-state index contributed by atoms with van der Waals surface area (Å²) in [6, 6.07) is -0.639. The Morgan fingerprint density at radius 1 is 0.333 bits per heavy atom. The first kappa shape index (κ1) is 67.6. The van der Waals surface area contributed by atoms with E-state index in [1.165, 1.54) is 302 Å². The summed E-state index contributed by atoms with van der Waals surface area (Å²) in [7, 11) is 0. The van der Waals surface area contributed by atoms with Gasteiger partial charge in [-0.15, -0.1) is 0 Å². The number of hydrogen-bond donors (Lipinski definition) is 3. The average molecular weight is 969 g/mol. The highest BCUT2D eigenvalue weighted by molar-refractivity contribution is 5.76. The van der Waals surface area contributed by atoms with Crippen LogP contribution in [0.3, 0.4) is 0 Å². The van der Waals surface area contributed by atoms with Gasteiger partial charge in [-0.2, -0.15) is 0 Å². The molecule has 0 aliphatic heterocycles. The van der Waals surface area contributed by atoms with Gasteiger partial charge in [0.05, 0.1) is 18.8 Å². The minimum Gasteiger partial charge on any atom is -0.394 e. The molecule has 408 valence electrons. The fourth-order valence-corrected chi connectivity index (χ4v) is 10.0. The van der Waals surface area contributed by atoms with Gasteiger partial charge in [-0.25, -0.2) is 0 Å². The highest BCUT2D eigenvalue weighted by Gasteiger charge is 2.18. The number of unbranched alkanes of at least 4 members (excludes halogenated alkanes) is 48. The van der Waals surface area contributed by atoms with E-state index in [1.54, 1.807) is 6.08 Å². The zero-order valence-electron chi connectivity index (χ0n) is 47.1. The Hall–Kier alpha value is -1.39. The van der Waals surface area contributed by atoms with Gasteiger partial charge in [-0.3, -0.25) is 4.79 Å². The van der Waals surface area contributed by atoms with Gasteiger partial charge in [0.2, 0.25) is 5.91 Å². The van der Waals surface area contributed by atoms with Gasteiger partial charge < -0.3 is 15.5 Å². The molecule has 3 N–H and O–H groups in total. The van der Waals surface area contributed by atoms with Crippen molar-refractivity contribution in [2.75, 3.05) is 6.61 Å². The number of aliphatic hydroxyl groups excluding tert-OH is 2. The molecule has 0 aliphatic carbocycles. The normalized spacial score (nSPS) is 12.9. The van der Waals surface area contributed by atoms with Crippen molar-refractivity contribution in [1.82, 2.24) is 5.32 Å². The zero-order chi connectivity index (χ0) is 49.9. The van der Waals surface area contributed by atoms with Crippen molar-refractivity contribution in [3.63, 3.8) is 0 Å². The van der Waals surface area contributed by atoms with Gasteiger partial charge in [0, 0.05) is 6.42 Å². The average Bonchev–Trinajstić information content (AvgIpc) is 3.35. The van der Waals surface area contributed by atoms with E-state index in [9.17, 15) is 15.0 Å². The summed E-state index contributed by atoms with van der Waals surface area (Å²) in [6.07, 6.45) is 83.5. The SMILES string of the molecule is CCCCCCCCCCCCCC/C=C\CCCCCCCCCCCCCCCCCCCC(=O)NC(CO)C(O)/C=C/CC/C=C/CCCCCCCCCCCCCCCCCCCC. The summed E-state index contributed by atoms with van der Waals surface area (Å²) in [5.74, 6) is -0.0672. The molecule has 1 amide bonds. The molecule has 0 aliphatic rings. The van der Waals surface area contributed by atoms with Gasteiger partial charge in [-0.05, 0) is 57.8 Å². The summed E-state index contributed by atoms with van der Waals surface area (Å²) >= 11 is 0. The molecule has 0 radical (unpaired) electrons. The van der Waals surface area contributed by atoms with E-state index in [2.05, 4.69) is 43.5 Å². The molecule has 0 aromatic carbocycles. The largest absolute Gasteiger partial charge is 0.394 e. The van der Waals surface area contributed by atoms with Gasteiger partial charge in [0.25, 0.3) is 0 Å². The number of carbonyl (C=O) groups excluding carboxylic acids is 1. The zero-order valence-corrected chi connectivity index (χ0v) is 47.1. The molecule has 0 fully saturated rings. The predicted octanol–water partition coefficient (Wildman–Crippen LogP) is 21.2. The topological polar surface area (TPSA) is 69.6 Å². The maximum Gasteiger partial charge on any atom is 0.220 e. The second kappa shape index (κ2) is 60.9. The smallest absolute Gasteiger partial charge is 0.220 e. The highest BCUT2D eigenvalue weighted by Crippen LogP contribution is 2.18. The van der Waals surface area contributed by atoms with Crippen LogP contribution in [0.2, 0.25) is 0 Å². The molecule has 0 aromatic rings. The first-order valence-electron chi connectivity index (χ1n) is 31.7. The number of allylic oxidation sites excluding steroid dienone is 5. The molecule has 0 heterocycles. The van der Waals surface area contributed by atoms with Crippen LogP contribution in [-0.2, 0) is 4.79 Å². The third-order valence-electron chi connectivity index (χ3n) is 14.8. The summed E-state index contributed by atoms with van der Waals surface area (Å²) in [6.45, 7) is 4.34. The number of nitrogens with one attached hydrogen (secondary N) is 1. The fraction of sp³-hybridized carbons (Fsp3) is 0.892. The standard InChI is InChI=1S/C65H125NO3/c1-3-5-7-9-11-13-15-17-19-21-23-25-27-29-30-31-32-33-34-35-36-37-39-41-43-45-47-49-51-53-55-57-59-61-65(69)66-63(62-67)64(68)60-58-56-54-52-50-48-46-44-42-40-38-28-26-24-22-20-18-16-14-12-10-8-6-4-2/h29-30,50,52,58,60,63-64,67-68H,3-28,31-49,51,53-57,59,61-62H2,1-2H3,(H,66,69)/b30-29-,52-50+,60-58+. The Balaban J connectivity index is 3.46. The summed E-state index contributed by atoms with van der Waals surface area (Å²) in [5.41, 5.74) is 0. The highest BCUT2D eigenvalue weighted by atomic mass is 16.3. The van der Waals surface area contributed by atoms with E-state index in [-0.39, 0.29) is 12.5 Å². The van der Waals surface area contributed by atoms with Crippen molar-refractivity contribution in [3.8, 4) is 0 Å². The molecule has 2 unspecified atom stereocenters. The maximum absolute atomic E-state index is 12.5. The molecule has 0 saturated carbocycles. The fourth-order valence-electron chi connectivity index (χ4n) is 10.0. The maximum atomic E-state index is 12.5. The first-order valence-corrected chi connectivity index (χ1v) is 31.7. The molecular weight excluding hydrogens is 843 g/mol. The Bertz CT molecular complexity index is 1050. The van der Waals surface area contributed by atoms with Crippen molar-refractivity contribution in [3.05, 3.63) is 36.5 Å². The van der Waals surface area contributed by atoms with Crippen LogP contribution in [0.25, 0.3) is 0 Å². The Morgan fingerprint density at radius 3 is 0.841 bits per heavy atom. The molecular formula is C65H125NO3. The lowest BCUT2D eigenvalue weighted by molar-refractivity contribution is -0.123. The molecule has 69 heavy (non-hydrogen) atoms. The Kier molecular flexibility index (Phi) is 59.7. The van der Waals surface area contributed by atoms with Gasteiger partial charge >= 0.3 is 0 Å². The van der Waals surface area contributed by atoms with Crippen LogP contribution >= 0.6 is 0 Å². The van der Waals surface area contributed by atoms with Crippen molar-refractivity contribution in [2.24, 2.45) is 0 Å². The molecule has 0 bridgehead atoms. The first-order chi connectivity index (χ1) is 34.2. The predicted molar refractivity (Wildman–Crippen MR) is 308 cm³/mol. The van der Waals surface area contributed by atoms with Gasteiger partial charge in [0.1, 0.15) is 0 Å². The third-order valence-corrected chi connectivity index (χ3v) is 14.8. The van der Waals surface area contributed by atoms with Crippen molar-refractivity contribution >= 4 is 5.91 Å². The minimum absolute atomic E-state index is 0.0672. The van der Waals surface area contributed by atoms with Crippen LogP contribution in [-0.4, -0.2) is 34.9 Å². The second-order valence-electron chi connectivity index (χ2n) is 21.8. The third kappa shape index (κ3) is 57.4. The number of carbonyl (C=O) groups is 1. The Morgan fingerprint density at radius 2 is 0.565 bits per heavy atom. The van der Waals surface area contributed by atoms with Gasteiger partial charge in [-0.1, -0.05) is 326 Å². The van der Waals surface area contributed by atoms with E-state index in [1.807, 2.05) is 6.08 Å². The van der Waals surface area contributed by atoms with Crippen LogP contribution in [0.1, 0.15) is 354 Å². The van der Waals surface area contributed by atoms with Crippen molar-refractivity contribution in [2.45, 2.75) is 366 Å². The lowest BCUT2D eigenvalue weighted by Crippen LogP contribution is -2.45. The number of aliphatic hydroxyl groups is 2. The summed E-state index contributed by atoms with van der Waals surface area (Å²) < 4.78 is 0. The molecule has 4 nitrogen and oxygen atoms in total. The van der Waals surface area contributed by atoms with E-state index in [4.69, 9.17) is 0 Å². The molecule has 0 aromatic heterocycles. The monoisotopic (exact) mass is 968 g/mol. The quantitative estimate of drug-likeness (QED) is 0.0420. The van der Waals surface area contributed by atoms with E-state index in [0.717, 1.165) is 32.1 Å². The van der Waals surface area contributed by atoms with E-state index >= 15 is 0 Å². The summed E-state index contributed by atoms with van der Waals surface area (Å²) in [4.78, 5) is 12.5. The van der Waals surface area contributed by atoms with Gasteiger partial charge in [0.15, 0.2) is 0 Å². The van der Waals surface area contributed by atoms with Crippen LogP contribution in [0.5, 0.6) is 0 Å².